The molecule has 1 unspecified atom stereocenters. The first kappa shape index (κ1) is 35.4. The van der Waals surface area contributed by atoms with Gasteiger partial charge in [-0.1, -0.05) is 12.1 Å². The molecule has 2 heterocycles. The van der Waals surface area contributed by atoms with Gasteiger partial charge in [0.15, 0.2) is 5.82 Å². The quantitative estimate of drug-likeness (QED) is 0.0889. The van der Waals surface area contributed by atoms with E-state index in [-0.39, 0.29) is 22.6 Å². The third-order valence-electron chi connectivity index (χ3n) is 7.81. The number of amides is 1. The fourth-order valence-corrected chi connectivity index (χ4v) is 6.86. The van der Waals surface area contributed by atoms with Gasteiger partial charge in [-0.15, -0.1) is 11.3 Å². The Balaban J connectivity index is 1.32. The van der Waals surface area contributed by atoms with E-state index in [2.05, 4.69) is 20.6 Å². The Morgan fingerprint density at radius 2 is 1.71 bits per heavy atom. The normalized spacial score (nSPS) is 11.7. The maximum atomic E-state index is 15.8. The zero-order valence-electron chi connectivity index (χ0n) is 27.2. The van der Waals surface area contributed by atoms with Crippen molar-refractivity contribution < 1.29 is 36.5 Å². The second kappa shape index (κ2) is 16.0. The van der Waals surface area contributed by atoms with Crippen LogP contribution < -0.4 is 29.1 Å². The number of halogens is 2. The number of rotatable bonds is 15. The molecule has 1 amide bonds. The van der Waals surface area contributed by atoms with Gasteiger partial charge < -0.3 is 29.4 Å². The molecule has 2 N–H and O–H groups in total. The van der Waals surface area contributed by atoms with E-state index in [1.807, 2.05) is 30.3 Å². The van der Waals surface area contributed by atoms with Gasteiger partial charge in [0.1, 0.15) is 45.8 Å². The third-order valence-corrected chi connectivity index (χ3v) is 9.64. The smallest absolute Gasteiger partial charge is 0.268 e. The number of benzene rings is 3. The Kier molecular flexibility index (Phi) is 11.6. The van der Waals surface area contributed by atoms with Gasteiger partial charge in [-0.05, 0) is 68.1 Å². The van der Waals surface area contributed by atoms with Crippen LogP contribution in [0, 0.1) is 18.6 Å². The standard InChI is InChI=1S/C34H35F2N5O6S2/c1-20-28-31(38-19-39-33(28)37-18-22-10-13-24(46-3)17-27(22)47-4)32(48-20)34(42)40-30-25(35)14-15-26(29(30)36)41(49(43)44)16-6-5-7-21-8-11-23(45-2)12-9-21/h8-15,17,19H,5-7,16,18H2,1-4H3,(H,40,42)(H,43,44)(H,37,38,39)/p-1. The largest absolute Gasteiger partial charge is 0.755 e. The number of nitrogens with zero attached hydrogens (tertiary/aromatic N) is 3. The molecule has 0 aliphatic heterocycles. The van der Waals surface area contributed by atoms with Crippen LogP contribution in [-0.2, 0) is 24.2 Å². The lowest BCUT2D eigenvalue weighted by molar-refractivity contribution is 0.103. The molecule has 0 aliphatic carbocycles. The van der Waals surface area contributed by atoms with E-state index in [1.54, 1.807) is 40.4 Å². The van der Waals surface area contributed by atoms with Crippen molar-refractivity contribution in [2.24, 2.45) is 0 Å². The topological polar surface area (TPSA) is 138 Å². The number of aryl methyl sites for hydroxylation is 2. The van der Waals surface area contributed by atoms with Crippen molar-refractivity contribution in [2.45, 2.75) is 32.7 Å². The molecule has 0 saturated heterocycles. The van der Waals surface area contributed by atoms with Crippen LogP contribution >= 0.6 is 11.3 Å². The predicted molar refractivity (Wildman–Crippen MR) is 186 cm³/mol. The fourth-order valence-electron chi connectivity index (χ4n) is 5.28. The van der Waals surface area contributed by atoms with Gasteiger partial charge in [0.2, 0.25) is 0 Å². The van der Waals surface area contributed by atoms with Crippen LogP contribution in [0.3, 0.4) is 0 Å². The second-order valence-corrected chi connectivity index (χ2v) is 12.9. The number of carbonyl (C=O) groups excluding carboxylic acids is 1. The summed E-state index contributed by atoms with van der Waals surface area (Å²) in [6.45, 7) is 2.06. The van der Waals surface area contributed by atoms with Crippen LogP contribution in [0.4, 0.5) is 26.0 Å². The van der Waals surface area contributed by atoms with Crippen molar-refractivity contribution in [1.82, 2.24) is 9.97 Å². The summed E-state index contributed by atoms with van der Waals surface area (Å²) < 4.78 is 71.8. The zero-order chi connectivity index (χ0) is 35.1. The van der Waals surface area contributed by atoms with Gasteiger partial charge in [0.05, 0.1) is 37.9 Å². The van der Waals surface area contributed by atoms with Gasteiger partial charge >= 0.3 is 0 Å². The number of ether oxygens (including phenoxy) is 3. The van der Waals surface area contributed by atoms with E-state index < -0.39 is 34.5 Å². The molecule has 1 atom stereocenters. The Bertz CT molecular complexity index is 1980. The number of nitrogens with one attached hydrogen (secondary N) is 2. The molecule has 0 radical (unpaired) electrons. The van der Waals surface area contributed by atoms with Crippen molar-refractivity contribution >= 4 is 56.6 Å². The maximum absolute atomic E-state index is 15.8. The number of unbranched alkanes of at least 4 members (excludes halogenated alkanes) is 1. The minimum atomic E-state index is -2.86. The van der Waals surface area contributed by atoms with Crippen LogP contribution in [0.25, 0.3) is 10.9 Å². The molecule has 11 nitrogen and oxygen atoms in total. The summed E-state index contributed by atoms with van der Waals surface area (Å²) in [7, 11) is 4.70. The highest BCUT2D eigenvalue weighted by molar-refractivity contribution is 7.80. The number of aromatic nitrogens is 2. The molecule has 15 heteroatoms. The van der Waals surface area contributed by atoms with E-state index in [9.17, 15) is 17.9 Å². The van der Waals surface area contributed by atoms with Crippen molar-refractivity contribution in [3.8, 4) is 17.2 Å². The summed E-state index contributed by atoms with van der Waals surface area (Å²) in [5.74, 6) is -0.652. The van der Waals surface area contributed by atoms with Gasteiger partial charge in [-0.3, -0.25) is 13.3 Å². The number of methoxy groups -OCH3 is 3. The summed E-state index contributed by atoms with van der Waals surface area (Å²) in [6.07, 6.45) is 2.97. The lowest BCUT2D eigenvalue weighted by Crippen LogP contribution is -2.28. The van der Waals surface area contributed by atoms with Gasteiger partial charge in [0, 0.05) is 40.9 Å². The SMILES string of the molecule is COc1ccc(CCCCN(c2ccc(F)c(NC(=O)c3sc(C)c4c(NCc5ccc(OC)cc5OC)ncnc34)c2F)S(=O)[O-])cc1. The molecule has 2 aromatic heterocycles. The van der Waals surface area contributed by atoms with Crippen LogP contribution in [-0.4, -0.2) is 52.5 Å². The van der Waals surface area contributed by atoms with Gasteiger partial charge in [0.25, 0.3) is 5.91 Å². The minimum Gasteiger partial charge on any atom is -0.755 e. The van der Waals surface area contributed by atoms with Gasteiger partial charge in [-0.2, -0.15) is 0 Å². The fraction of sp³-hybridized carbons (Fsp3) is 0.265. The first-order valence-corrected chi connectivity index (χ1v) is 17.0. The van der Waals surface area contributed by atoms with Gasteiger partial charge in [-0.25, -0.2) is 18.7 Å². The summed E-state index contributed by atoms with van der Waals surface area (Å²) >= 11 is -1.78. The highest BCUT2D eigenvalue weighted by Crippen LogP contribution is 2.36. The Morgan fingerprint density at radius 3 is 2.41 bits per heavy atom. The molecule has 258 valence electrons. The second-order valence-electron chi connectivity index (χ2n) is 10.8. The van der Waals surface area contributed by atoms with E-state index in [1.165, 1.54) is 6.33 Å². The first-order valence-electron chi connectivity index (χ1n) is 15.1. The molecule has 0 bridgehead atoms. The molecule has 5 aromatic rings. The van der Waals surface area contributed by atoms with Crippen LogP contribution in [0.15, 0.2) is 60.9 Å². The average molecular weight is 711 g/mol. The monoisotopic (exact) mass is 710 g/mol. The minimum absolute atomic E-state index is 0.0495. The molecule has 0 fully saturated rings. The molecule has 0 spiro atoms. The van der Waals surface area contributed by atoms with Crippen molar-refractivity contribution in [2.75, 3.05) is 42.8 Å². The molecule has 0 aliphatic rings. The Morgan fingerprint density at radius 1 is 0.980 bits per heavy atom. The summed E-state index contributed by atoms with van der Waals surface area (Å²) in [5, 5.41) is 6.14. The van der Waals surface area contributed by atoms with Crippen molar-refractivity contribution in [1.29, 1.82) is 0 Å². The van der Waals surface area contributed by atoms with Crippen LogP contribution in [0.2, 0.25) is 0 Å². The Hall–Kier alpha value is -4.86. The molecular weight excluding hydrogens is 677 g/mol. The highest BCUT2D eigenvalue weighted by Gasteiger charge is 2.25. The van der Waals surface area contributed by atoms with E-state index in [0.29, 0.717) is 53.4 Å². The van der Waals surface area contributed by atoms with Crippen molar-refractivity contribution in [3.63, 3.8) is 0 Å². The number of hydrogen-bond donors (Lipinski definition) is 2. The van der Waals surface area contributed by atoms with Crippen LogP contribution in [0.1, 0.15) is 38.5 Å². The number of fused-ring (bicyclic) bond motifs is 1. The first-order chi connectivity index (χ1) is 23.6. The van der Waals surface area contributed by atoms with E-state index in [0.717, 1.165) is 44.7 Å². The van der Waals surface area contributed by atoms with Crippen molar-refractivity contribution in [3.05, 3.63) is 93.4 Å². The van der Waals surface area contributed by atoms with E-state index in [4.69, 9.17) is 14.2 Å². The van der Waals surface area contributed by atoms with Crippen LogP contribution in [0.5, 0.6) is 17.2 Å². The maximum Gasteiger partial charge on any atom is 0.268 e. The molecule has 3 aromatic carbocycles. The summed E-state index contributed by atoms with van der Waals surface area (Å²) in [4.78, 5) is 22.9. The average Bonchev–Trinajstić information content (AvgIpc) is 3.46. The predicted octanol–water partition coefficient (Wildman–Crippen LogP) is 6.79. The molecular formula is C34H34F2N5O6S2-. The summed E-state index contributed by atoms with van der Waals surface area (Å²) in [6, 6.07) is 14.9. The number of carbonyl (C=O) groups is 1. The number of anilines is 3. The third kappa shape index (κ3) is 8.07. The Labute approximate surface area is 288 Å². The van der Waals surface area contributed by atoms with E-state index >= 15 is 4.39 Å². The number of hydrogen-bond acceptors (Lipinski definition) is 10. The zero-order valence-corrected chi connectivity index (χ0v) is 28.8. The lowest BCUT2D eigenvalue weighted by atomic mass is 10.1. The lowest BCUT2D eigenvalue weighted by Gasteiger charge is -2.27. The summed E-state index contributed by atoms with van der Waals surface area (Å²) in [5.41, 5.74) is 1.00. The number of thiophene rings is 1. The highest BCUT2D eigenvalue weighted by atomic mass is 32.2. The molecule has 49 heavy (non-hydrogen) atoms. The molecule has 5 rings (SSSR count). The molecule has 0 saturated carbocycles.